The van der Waals surface area contributed by atoms with Crippen LogP contribution >= 0.6 is 0 Å². The monoisotopic (exact) mass is 442 g/mol. The van der Waals surface area contributed by atoms with E-state index in [2.05, 4.69) is 0 Å². The van der Waals surface area contributed by atoms with E-state index in [0.29, 0.717) is 12.8 Å². The molecule has 0 aliphatic rings. The van der Waals surface area contributed by atoms with Crippen LogP contribution in [0.15, 0.2) is 0 Å². The van der Waals surface area contributed by atoms with Gasteiger partial charge in [-0.15, -0.1) is 0 Å². The summed E-state index contributed by atoms with van der Waals surface area (Å²) in [4.78, 5) is 0. The summed E-state index contributed by atoms with van der Waals surface area (Å²) >= 11 is 0. The minimum atomic E-state index is -4.10. The van der Waals surface area contributed by atoms with Gasteiger partial charge < -0.3 is 9.66 Å². The third-order valence-electron chi connectivity index (χ3n) is 5.90. The van der Waals surface area contributed by atoms with Crippen LogP contribution in [0.1, 0.15) is 136 Å². The fraction of sp³-hybridized carbons (Fsp3) is 1.00. The van der Waals surface area contributed by atoms with Crippen molar-refractivity contribution in [3.05, 3.63) is 0 Å². The van der Waals surface area contributed by atoms with Crippen LogP contribution in [0.5, 0.6) is 0 Å². The van der Waals surface area contributed by atoms with Crippen LogP contribution in [0.25, 0.3) is 0 Å². The minimum absolute atomic E-state index is 0. The van der Waals surface area contributed by atoms with Gasteiger partial charge in [0.05, 0.1) is 16.2 Å². The molecule has 6 heteroatoms. The van der Waals surface area contributed by atoms with E-state index in [0.717, 1.165) is 32.1 Å². The largest absolute Gasteiger partial charge is 1.00 e. The standard InChI is InChI=1S/C23H48O4S.Na/c1-3-22(24)20-18-16-14-12-10-8-6-5-7-9-11-13-15-17-19-21-23(4-2)28(25,26)27;/h22-24H,3-21H2,1-2H3,(H,25,26,27);/q;+1/p-1. The molecule has 0 aromatic rings. The van der Waals surface area contributed by atoms with E-state index in [9.17, 15) is 18.1 Å². The molecule has 0 saturated carbocycles. The minimum Gasteiger partial charge on any atom is -0.748 e. The average molecular weight is 443 g/mol. The van der Waals surface area contributed by atoms with Crippen LogP contribution in [-0.4, -0.2) is 29.4 Å². The molecule has 1 N–H and O–H groups in total. The Morgan fingerprint density at radius 2 is 0.931 bits per heavy atom. The second kappa shape index (κ2) is 22.1. The molecule has 2 atom stereocenters. The zero-order valence-electron chi connectivity index (χ0n) is 19.7. The summed E-state index contributed by atoms with van der Waals surface area (Å²) in [6.45, 7) is 3.82. The second-order valence-electron chi connectivity index (χ2n) is 8.47. The second-order valence-corrected chi connectivity index (χ2v) is 10.1. The van der Waals surface area contributed by atoms with Crippen molar-refractivity contribution in [1.29, 1.82) is 0 Å². The zero-order valence-corrected chi connectivity index (χ0v) is 22.5. The molecule has 2 unspecified atom stereocenters. The molecular weight excluding hydrogens is 395 g/mol. The summed E-state index contributed by atoms with van der Waals surface area (Å²) in [6, 6.07) is 0. The maximum atomic E-state index is 11.0. The average Bonchev–Trinajstić information content (AvgIpc) is 2.65. The van der Waals surface area contributed by atoms with Crippen molar-refractivity contribution in [2.75, 3.05) is 0 Å². The van der Waals surface area contributed by atoms with Crippen LogP contribution in [0.4, 0.5) is 0 Å². The Bertz CT molecular complexity index is 429. The molecule has 0 bridgehead atoms. The van der Waals surface area contributed by atoms with Crippen LogP contribution in [0.2, 0.25) is 0 Å². The van der Waals surface area contributed by atoms with Gasteiger partial charge in [0.2, 0.25) is 0 Å². The van der Waals surface area contributed by atoms with Gasteiger partial charge in [-0.05, 0) is 25.7 Å². The van der Waals surface area contributed by atoms with Gasteiger partial charge >= 0.3 is 29.6 Å². The van der Waals surface area contributed by atoms with Crippen LogP contribution in [-0.2, 0) is 10.1 Å². The molecule has 0 heterocycles. The van der Waals surface area contributed by atoms with Crippen molar-refractivity contribution in [3.8, 4) is 0 Å². The molecule has 0 spiro atoms. The van der Waals surface area contributed by atoms with Crippen molar-refractivity contribution < 1.29 is 47.6 Å². The molecule has 0 aromatic carbocycles. The van der Waals surface area contributed by atoms with Gasteiger partial charge in [0.15, 0.2) is 0 Å². The fourth-order valence-corrected chi connectivity index (χ4v) is 4.67. The zero-order chi connectivity index (χ0) is 21.1. The van der Waals surface area contributed by atoms with Crippen molar-refractivity contribution in [2.24, 2.45) is 0 Å². The molecule has 4 nitrogen and oxygen atoms in total. The van der Waals surface area contributed by atoms with Gasteiger partial charge in [-0.25, -0.2) is 8.42 Å². The molecule has 29 heavy (non-hydrogen) atoms. The Morgan fingerprint density at radius 3 is 1.21 bits per heavy atom. The summed E-state index contributed by atoms with van der Waals surface area (Å²) in [5.74, 6) is 0. The van der Waals surface area contributed by atoms with Gasteiger partial charge in [0.1, 0.15) is 0 Å². The molecule has 0 aliphatic heterocycles. The quantitative estimate of drug-likeness (QED) is 0.167. The Labute approximate surface area is 204 Å². The maximum Gasteiger partial charge on any atom is 1.00 e. The van der Waals surface area contributed by atoms with E-state index in [1.807, 2.05) is 6.92 Å². The smallest absolute Gasteiger partial charge is 0.748 e. The van der Waals surface area contributed by atoms with Crippen LogP contribution in [0.3, 0.4) is 0 Å². The van der Waals surface area contributed by atoms with Crippen molar-refractivity contribution in [2.45, 2.75) is 147 Å². The first kappa shape index (κ1) is 32.1. The van der Waals surface area contributed by atoms with E-state index < -0.39 is 15.4 Å². The van der Waals surface area contributed by atoms with Crippen LogP contribution < -0.4 is 29.6 Å². The number of rotatable bonds is 21. The fourth-order valence-electron chi connectivity index (χ4n) is 3.81. The summed E-state index contributed by atoms with van der Waals surface area (Å²) in [6.07, 6.45) is 21.5. The molecular formula is C23H47NaO4S. The Morgan fingerprint density at radius 1 is 0.621 bits per heavy atom. The number of aliphatic hydroxyl groups excluding tert-OH is 1. The predicted octanol–water partition coefficient (Wildman–Crippen LogP) is 3.72. The number of hydrogen-bond acceptors (Lipinski definition) is 4. The van der Waals surface area contributed by atoms with Crippen molar-refractivity contribution in [3.63, 3.8) is 0 Å². The molecule has 0 rings (SSSR count). The number of aliphatic hydroxyl groups is 1. The van der Waals surface area contributed by atoms with E-state index in [4.69, 9.17) is 0 Å². The Balaban J connectivity index is 0. The molecule has 0 fully saturated rings. The maximum absolute atomic E-state index is 11.0. The van der Waals surface area contributed by atoms with Gasteiger partial charge in [-0.2, -0.15) is 0 Å². The molecule has 0 aliphatic carbocycles. The molecule has 0 amide bonds. The van der Waals surface area contributed by atoms with E-state index in [-0.39, 0.29) is 35.7 Å². The molecule has 0 aromatic heterocycles. The SMILES string of the molecule is CCC(O)CCCCCCCCCCCCCCCCCC(CC)S(=O)(=O)[O-].[Na+]. The van der Waals surface area contributed by atoms with Gasteiger partial charge in [-0.1, -0.05) is 110 Å². The number of hydrogen-bond donors (Lipinski definition) is 1. The van der Waals surface area contributed by atoms with Gasteiger partial charge in [-0.3, -0.25) is 0 Å². The first-order valence-electron chi connectivity index (χ1n) is 12.0. The Kier molecular flexibility index (Phi) is 24.4. The van der Waals surface area contributed by atoms with Crippen molar-refractivity contribution >= 4 is 10.1 Å². The third kappa shape index (κ3) is 21.9. The Hall–Kier alpha value is 0.870. The summed E-state index contributed by atoms with van der Waals surface area (Å²) < 4.78 is 33.1. The number of unbranched alkanes of at least 4 members (excludes halogenated alkanes) is 14. The summed E-state index contributed by atoms with van der Waals surface area (Å²) in [5, 5.41) is 8.82. The van der Waals surface area contributed by atoms with E-state index in [1.165, 1.54) is 77.0 Å². The summed E-state index contributed by atoms with van der Waals surface area (Å²) in [5.41, 5.74) is 0. The summed E-state index contributed by atoms with van der Waals surface area (Å²) in [7, 11) is -4.10. The molecule has 170 valence electrons. The van der Waals surface area contributed by atoms with E-state index in [1.54, 1.807) is 6.92 Å². The first-order valence-corrected chi connectivity index (χ1v) is 13.5. The first-order chi connectivity index (χ1) is 13.4. The normalized spacial score (nSPS) is 13.8. The van der Waals surface area contributed by atoms with Crippen LogP contribution in [0, 0.1) is 0 Å². The van der Waals surface area contributed by atoms with Gasteiger partial charge in [0.25, 0.3) is 0 Å². The molecule has 0 saturated heterocycles. The predicted molar refractivity (Wildman–Crippen MR) is 119 cm³/mol. The van der Waals surface area contributed by atoms with Gasteiger partial charge in [0, 0.05) is 5.25 Å². The molecule has 0 radical (unpaired) electrons. The topological polar surface area (TPSA) is 77.4 Å². The van der Waals surface area contributed by atoms with Crippen molar-refractivity contribution in [1.82, 2.24) is 0 Å². The third-order valence-corrected chi connectivity index (χ3v) is 7.28. The van der Waals surface area contributed by atoms with E-state index >= 15 is 0 Å².